The lowest BCUT2D eigenvalue weighted by molar-refractivity contribution is 0.184. The summed E-state index contributed by atoms with van der Waals surface area (Å²) in [5.41, 5.74) is 0. The van der Waals surface area contributed by atoms with Crippen molar-refractivity contribution in [3.63, 3.8) is 0 Å². The van der Waals surface area contributed by atoms with Crippen LogP contribution in [0.25, 0.3) is 0 Å². The molecule has 0 spiro atoms. The van der Waals surface area contributed by atoms with Crippen LogP contribution in [0.2, 0.25) is 0 Å². The zero-order valence-corrected chi connectivity index (χ0v) is 9.05. The molecule has 2 fully saturated rings. The first-order valence-corrected chi connectivity index (χ1v) is 6.99. The Morgan fingerprint density at radius 3 is 2.79 bits per heavy atom. The van der Waals surface area contributed by atoms with Crippen molar-refractivity contribution in [2.24, 2.45) is 5.92 Å². The van der Waals surface area contributed by atoms with Gasteiger partial charge in [0.05, 0.1) is 18.1 Å². The zero-order valence-electron chi connectivity index (χ0n) is 8.24. The lowest BCUT2D eigenvalue weighted by atomic mass is 10.1. The molecule has 2 aliphatic rings. The number of nitrogens with one attached hydrogen (secondary N) is 1. The smallest absolute Gasteiger partial charge is 0.151 e. The molecule has 2 unspecified atom stereocenters. The summed E-state index contributed by atoms with van der Waals surface area (Å²) in [6, 6.07) is 0.181. The third kappa shape index (κ3) is 2.68. The van der Waals surface area contributed by atoms with E-state index in [0.717, 1.165) is 32.6 Å². The summed E-state index contributed by atoms with van der Waals surface area (Å²) in [6.07, 6.45) is 1.88. The van der Waals surface area contributed by atoms with Gasteiger partial charge >= 0.3 is 0 Å². The molecule has 2 rings (SSSR count). The Morgan fingerprint density at radius 2 is 2.21 bits per heavy atom. The van der Waals surface area contributed by atoms with Crippen molar-refractivity contribution in [3.05, 3.63) is 0 Å². The number of ether oxygens (including phenoxy) is 1. The summed E-state index contributed by atoms with van der Waals surface area (Å²) in [7, 11) is -2.73. The Bertz CT molecular complexity index is 282. The molecule has 0 aromatic heterocycles. The fourth-order valence-corrected chi connectivity index (χ4v) is 3.74. The van der Waals surface area contributed by atoms with Crippen molar-refractivity contribution in [3.8, 4) is 0 Å². The van der Waals surface area contributed by atoms with E-state index in [-0.39, 0.29) is 6.04 Å². The van der Waals surface area contributed by atoms with Crippen molar-refractivity contribution in [2.75, 3.05) is 31.3 Å². The van der Waals surface area contributed by atoms with Gasteiger partial charge in [0.25, 0.3) is 0 Å². The molecule has 0 aromatic carbocycles. The van der Waals surface area contributed by atoms with Gasteiger partial charge in [-0.25, -0.2) is 8.42 Å². The molecule has 14 heavy (non-hydrogen) atoms. The SMILES string of the molecule is O=S1(=O)CCC(NCC2CCOC2)C1. The van der Waals surface area contributed by atoms with Gasteiger partial charge in [-0.2, -0.15) is 0 Å². The maximum atomic E-state index is 11.2. The summed E-state index contributed by atoms with van der Waals surface area (Å²) in [5.74, 6) is 1.25. The second-order valence-corrected chi connectivity index (χ2v) is 6.47. The van der Waals surface area contributed by atoms with E-state index in [9.17, 15) is 8.42 Å². The van der Waals surface area contributed by atoms with Gasteiger partial charge in [0.1, 0.15) is 0 Å². The minimum absolute atomic E-state index is 0.181. The van der Waals surface area contributed by atoms with Gasteiger partial charge in [-0.1, -0.05) is 0 Å². The minimum Gasteiger partial charge on any atom is -0.381 e. The zero-order chi connectivity index (χ0) is 10.0. The molecule has 5 heteroatoms. The van der Waals surface area contributed by atoms with Gasteiger partial charge in [-0.05, 0) is 18.8 Å². The average Bonchev–Trinajstić information content (AvgIpc) is 2.70. The standard InChI is InChI=1S/C9H17NO3S/c11-14(12)4-2-9(7-14)10-5-8-1-3-13-6-8/h8-10H,1-7H2. The Kier molecular flexibility index (Phi) is 3.09. The fourth-order valence-electron chi connectivity index (χ4n) is 2.03. The van der Waals surface area contributed by atoms with Crippen LogP contribution < -0.4 is 5.32 Å². The molecule has 0 radical (unpaired) electrons. The molecule has 0 aromatic rings. The van der Waals surface area contributed by atoms with E-state index in [1.165, 1.54) is 0 Å². The third-order valence-corrected chi connectivity index (χ3v) is 4.72. The Morgan fingerprint density at radius 1 is 1.36 bits per heavy atom. The molecule has 4 nitrogen and oxygen atoms in total. The Balaban J connectivity index is 1.71. The van der Waals surface area contributed by atoms with Crippen LogP contribution >= 0.6 is 0 Å². The molecule has 2 heterocycles. The molecule has 0 aliphatic carbocycles. The quantitative estimate of drug-likeness (QED) is 0.714. The number of sulfone groups is 1. The van der Waals surface area contributed by atoms with E-state index in [2.05, 4.69) is 5.32 Å². The van der Waals surface area contributed by atoms with Crippen LogP contribution in [0.1, 0.15) is 12.8 Å². The predicted molar refractivity (Wildman–Crippen MR) is 54.0 cm³/mol. The van der Waals surface area contributed by atoms with Crippen LogP contribution in [0.3, 0.4) is 0 Å². The van der Waals surface area contributed by atoms with E-state index >= 15 is 0 Å². The van der Waals surface area contributed by atoms with Gasteiger partial charge < -0.3 is 10.1 Å². The second kappa shape index (κ2) is 4.16. The normalized spacial score (nSPS) is 36.3. The molecule has 1 N–H and O–H groups in total. The van der Waals surface area contributed by atoms with Gasteiger partial charge in [-0.3, -0.25) is 0 Å². The van der Waals surface area contributed by atoms with E-state index < -0.39 is 9.84 Å². The van der Waals surface area contributed by atoms with E-state index in [4.69, 9.17) is 4.74 Å². The topological polar surface area (TPSA) is 55.4 Å². The molecule has 82 valence electrons. The number of rotatable bonds is 3. The highest BCUT2D eigenvalue weighted by molar-refractivity contribution is 7.91. The lowest BCUT2D eigenvalue weighted by Gasteiger charge is -2.13. The van der Waals surface area contributed by atoms with Crippen molar-refractivity contribution in [2.45, 2.75) is 18.9 Å². The molecule has 0 saturated carbocycles. The summed E-state index contributed by atoms with van der Waals surface area (Å²) in [6.45, 7) is 2.59. The molecule has 2 saturated heterocycles. The molecular formula is C9H17NO3S. The lowest BCUT2D eigenvalue weighted by Crippen LogP contribution is -2.34. The third-order valence-electron chi connectivity index (χ3n) is 2.95. The highest BCUT2D eigenvalue weighted by Crippen LogP contribution is 2.14. The van der Waals surface area contributed by atoms with Crippen molar-refractivity contribution in [1.82, 2.24) is 5.32 Å². The summed E-state index contributed by atoms with van der Waals surface area (Å²) >= 11 is 0. The molecule has 0 amide bonds. The van der Waals surface area contributed by atoms with Crippen molar-refractivity contribution >= 4 is 9.84 Å². The van der Waals surface area contributed by atoms with E-state index in [1.54, 1.807) is 0 Å². The second-order valence-electron chi connectivity index (χ2n) is 4.24. The van der Waals surface area contributed by atoms with E-state index in [1.807, 2.05) is 0 Å². The number of hydrogen-bond acceptors (Lipinski definition) is 4. The first kappa shape index (κ1) is 10.4. The van der Waals surface area contributed by atoms with Crippen LogP contribution in [0, 0.1) is 5.92 Å². The van der Waals surface area contributed by atoms with Gasteiger partial charge in [0, 0.05) is 19.2 Å². The average molecular weight is 219 g/mol. The van der Waals surface area contributed by atoms with Crippen LogP contribution in [0.15, 0.2) is 0 Å². The van der Waals surface area contributed by atoms with E-state index in [0.29, 0.717) is 17.4 Å². The maximum Gasteiger partial charge on any atom is 0.151 e. The van der Waals surface area contributed by atoms with Crippen LogP contribution in [-0.2, 0) is 14.6 Å². The molecule has 2 atom stereocenters. The highest BCUT2D eigenvalue weighted by atomic mass is 32.2. The molecule has 0 bridgehead atoms. The van der Waals surface area contributed by atoms with Crippen LogP contribution in [-0.4, -0.2) is 45.7 Å². The predicted octanol–water partition coefficient (Wildman–Crippen LogP) is -0.200. The Hall–Kier alpha value is -0.130. The highest BCUT2D eigenvalue weighted by Gasteiger charge is 2.28. The Labute approximate surface area is 84.9 Å². The van der Waals surface area contributed by atoms with Gasteiger partial charge in [-0.15, -0.1) is 0 Å². The molecule has 2 aliphatic heterocycles. The maximum absolute atomic E-state index is 11.2. The van der Waals surface area contributed by atoms with Crippen molar-refractivity contribution in [1.29, 1.82) is 0 Å². The van der Waals surface area contributed by atoms with Crippen molar-refractivity contribution < 1.29 is 13.2 Å². The minimum atomic E-state index is -2.73. The monoisotopic (exact) mass is 219 g/mol. The van der Waals surface area contributed by atoms with Crippen LogP contribution in [0.4, 0.5) is 0 Å². The van der Waals surface area contributed by atoms with Gasteiger partial charge in [0.2, 0.25) is 0 Å². The fraction of sp³-hybridized carbons (Fsp3) is 1.00. The first-order chi connectivity index (χ1) is 6.66. The summed E-state index contributed by atoms with van der Waals surface area (Å²) in [4.78, 5) is 0. The summed E-state index contributed by atoms with van der Waals surface area (Å²) < 4.78 is 27.6. The molecular weight excluding hydrogens is 202 g/mol. The number of hydrogen-bond donors (Lipinski definition) is 1. The largest absolute Gasteiger partial charge is 0.381 e. The van der Waals surface area contributed by atoms with Crippen LogP contribution in [0.5, 0.6) is 0 Å². The van der Waals surface area contributed by atoms with Gasteiger partial charge in [0.15, 0.2) is 9.84 Å². The first-order valence-electron chi connectivity index (χ1n) is 5.17. The summed E-state index contributed by atoms with van der Waals surface area (Å²) in [5, 5.41) is 3.32.